The Morgan fingerprint density at radius 2 is 2.20 bits per heavy atom. The highest BCUT2D eigenvalue weighted by atomic mass is 32.1. The van der Waals surface area contributed by atoms with Crippen LogP contribution in [0.15, 0.2) is 48.0 Å². The number of hydrogen-bond donors (Lipinski definition) is 1. The van der Waals surface area contributed by atoms with E-state index in [0.717, 1.165) is 27.6 Å². The zero-order valence-corrected chi connectivity index (χ0v) is 17.4. The number of nitriles is 1. The smallest absolute Gasteiger partial charge is 0.272 e. The van der Waals surface area contributed by atoms with Crippen LogP contribution >= 0.6 is 11.3 Å². The van der Waals surface area contributed by atoms with Crippen molar-refractivity contribution in [3.8, 4) is 23.1 Å². The maximum Gasteiger partial charge on any atom is 0.272 e. The maximum absolute atomic E-state index is 13.0. The molecule has 0 unspecified atom stereocenters. The number of aromatic nitrogens is 3. The highest BCUT2D eigenvalue weighted by molar-refractivity contribution is 7.10. The fraction of sp³-hybridized carbons (Fsp3) is 0.182. The van der Waals surface area contributed by atoms with Crippen molar-refractivity contribution in [2.45, 2.75) is 13.5 Å². The molecule has 1 amide bonds. The Balaban J connectivity index is 1.61. The lowest BCUT2D eigenvalue weighted by Gasteiger charge is -2.18. The Hall–Kier alpha value is -3.70. The van der Waals surface area contributed by atoms with Gasteiger partial charge in [-0.05, 0) is 36.2 Å². The Labute approximate surface area is 177 Å². The largest absolute Gasteiger partial charge is 0.478 e. The van der Waals surface area contributed by atoms with Gasteiger partial charge in [0.25, 0.3) is 5.91 Å². The average molecular weight is 417 g/mol. The van der Waals surface area contributed by atoms with Crippen LogP contribution in [-0.2, 0) is 6.54 Å². The van der Waals surface area contributed by atoms with Crippen LogP contribution in [0, 0.1) is 11.3 Å². The van der Waals surface area contributed by atoms with E-state index < -0.39 is 0 Å². The van der Waals surface area contributed by atoms with Crippen molar-refractivity contribution in [3.05, 3.63) is 64.1 Å². The monoisotopic (exact) mass is 417 g/mol. The van der Waals surface area contributed by atoms with Crippen LogP contribution in [0.5, 0.6) is 5.88 Å². The molecule has 7 nitrogen and oxygen atoms in total. The van der Waals surface area contributed by atoms with Gasteiger partial charge in [0.05, 0.1) is 18.3 Å². The van der Waals surface area contributed by atoms with Gasteiger partial charge in [-0.1, -0.05) is 18.2 Å². The van der Waals surface area contributed by atoms with E-state index in [0.29, 0.717) is 29.6 Å². The number of nitrogens with one attached hydrogen (secondary N) is 1. The second-order valence-corrected chi connectivity index (χ2v) is 7.62. The third kappa shape index (κ3) is 3.75. The number of H-pyrrole nitrogens is 1. The molecule has 30 heavy (non-hydrogen) atoms. The summed E-state index contributed by atoms with van der Waals surface area (Å²) in [7, 11) is 1.74. The number of pyridine rings is 1. The predicted octanol–water partition coefficient (Wildman–Crippen LogP) is 4.23. The molecule has 150 valence electrons. The lowest BCUT2D eigenvalue weighted by Crippen LogP contribution is -2.27. The van der Waals surface area contributed by atoms with Gasteiger partial charge >= 0.3 is 0 Å². The first-order chi connectivity index (χ1) is 14.6. The summed E-state index contributed by atoms with van der Waals surface area (Å²) in [6.45, 7) is 2.71. The van der Waals surface area contributed by atoms with Crippen molar-refractivity contribution in [2.75, 3.05) is 13.7 Å². The molecule has 0 fully saturated rings. The van der Waals surface area contributed by atoms with Gasteiger partial charge in [0.15, 0.2) is 0 Å². The third-order valence-corrected chi connectivity index (χ3v) is 5.53. The molecule has 3 heterocycles. The Morgan fingerprint density at radius 3 is 2.97 bits per heavy atom. The van der Waals surface area contributed by atoms with Gasteiger partial charge in [-0.25, -0.2) is 4.98 Å². The normalized spacial score (nSPS) is 10.7. The number of carbonyl (C=O) groups excluding carboxylic acids is 1. The number of fused-ring (bicyclic) bond motifs is 1. The quantitative estimate of drug-likeness (QED) is 0.507. The van der Waals surface area contributed by atoms with Gasteiger partial charge in [0.2, 0.25) is 5.88 Å². The van der Waals surface area contributed by atoms with E-state index in [1.165, 1.54) is 11.3 Å². The molecule has 0 aliphatic heterocycles. The number of hydrogen-bond acceptors (Lipinski definition) is 6. The van der Waals surface area contributed by atoms with E-state index >= 15 is 0 Å². The van der Waals surface area contributed by atoms with Crippen molar-refractivity contribution in [3.63, 3.8) is 0 Å². The van der Waals surface area contributed by atoms with Crippen LogP contribution in [0.3, 0.4) is 0 Å². The summed E-state index contributed by atoms with van der Waals surface area (Å²) in [5.74, 6) is 0.178. The number of aromatic amines is 1. The highest BCUT2D eigenvalue weighted by Crippen LogP contribution is 2.32. The first-order valence-corrected chi connectivity index (χ1v) is 10.3. The molecule has 0 spiro atoms. The lowest BCUT2D eigenvalue weighted by molar-refractivity contribution is 0.0778. The number of benzene rings is 1. The molecule has 0 saturated carbocycles. The number of carbonyl (C=O) groups is 1. The standard InChI is InChI=1S/C22H19N5O2S/c1-3-29-21-18(16-9-17(10-23)30-13-16)7-8-19(25-21)22(28)27(2)12-15-6-4-5-14-11-24-26-20(14)15/h4-9,11,13H,3,12H2,1-2H3,(H,24,26). The van der Waals surface area contributed by atoms with Crippen LogP contribution in [-0.4, -0.2) is 39.6 Å². The average Bonchev–Trinajstić information content (AvgIpc) is 3.43. The van der Waals surface area contributed by atoms with Crippen LogP contribution in [0.2, 0.25) is 0 Å². The molecule has 4 aromatic rings. The van der Waals surface area contributed by atoms with Gasteiger partial charge in [-0.2, -0.15) is 10.4 Å². The van der Waals surface area contributed by atoms with Gasteiger partial charge in [0.1, 0.15) is 16.6 Å². The highest BCUT2D eigenvalue weighted by Gasteiger charge is 2.19. The van der Waals surface area contributed by atoms with Crippen LogP contribution in [0.1, 0.15) is 27.9 Å². The van der Waals surface area contributed by atoms with E-state index in [-0.39, 0.29) is 5.91 Å². The first kappa shape index (κ1) is 19.6. The molecular formula is C22H19N5O2S. The summed E-state index contributed by atoms with van der Waals surface area (Å²) < 4.78 is 5.70. The van der Waals surface area contributed by atoms with E-state index in [1.54, 1.807) is 30.3 Å². The molecule has 1 N–H and O–H groups in total. The van der Waals surface area contributed by atoms with Crippen molar-refractivity contribution in [1.29, 1.82) is 5.26 Å². The van der Waals surface area contributed by atoms with Crippen molar-refractivity contribution < 1.29 is 9.53 Å². The number of thiophene rings is 1. The van der Waals surface area contributed by atoms with E-state index in [2.05, 4.69) is 21.3 Å². The minimum absolute atomic E-state index is 0.206. The fourth-order valence-corrected chi connectivity index (χ4v) is 3.94. The lowest BCUT2D eigenvalue weighted by atomic mass is 10.1. The molecule has 0 aliphatic carbocycles. The molecule has 8 heteroatoms. The minimum atomic E-state index is -0.206. The van der Waals surface area contributed by atoms with E-state index in [9.17, 15) is 4.79 Å². The fourth-order valence-electron chi connectivity index (χ4n) is 3.25. The second kappa shape index (κ2) is 8.35. The first-order valence-electron chi connectivity index (χ1n) is 9.40. The number of amides is 1. The molecule has 0 atom stereocenters. The summed E-state index contributed by atoms with van der Waals surface area (Å²) in [5.41, 5.74) is 3.81. The summed E-state index contributed by atoms with van der Waals surface area (Å²) in [6.07, 6.45) is 1.76. The number of nitrogens with zero attached hydrogens (tertiary/aromatic N) is 4. The zero-order chi connectivity index (χ0) is 21.1. The van der Waals surface area contributed by atoms with Gasteiger partial charge in [0, 0.05) is 29.9 Å². The second-order valence-electron chi connectivity index (χ2n) is 6.71. The SMILES string of the molecule is CCOc1nc(C(=O)N(C)Cc2cccc3cn[nH]c23)ccc1-c1csc(C#N)c1. The molecular weight excluding hydrogens is 398 g/mol. The Bertz CT molecular complexity index is 1250. The van der Waals surface area contributed by atoms with Crippen LogP contribution < -0.4 is 4.74 Å². The molecule has 0 bridgehead atoms. The van der Waals surface area contributed by atoms with E-state index in [1.807, 2.05) is 36.6 Å². The summed E-state index contributed by atoms with van der Waals surface area (Å²) in [4.78, 5) is 19.7. The number of ether oxygens (including phenoxy) is 1. The minimum Gasteiger partial charge on any atom is -0.478 e. The van der Waals surface area contributed by atoms with Crippen molar-refractivity contribution in [1.82, 2.24) is 20.1 Å². The molecule has 3 aromatic heterocycles. The third-order valence-electron chi connectivity index (χ3n) is 4.70. The van der Waals surface area contributed by atoms with Gasteiger partial charge in [-0.3, -0.25) is 9.89 Å². The maximum atomic E-state index is 13.0. The molecule has 0 aliphatic rings. The summed E-state index contributed by atoms with van der Waals surface area (Å²) in [5, 5.41) is 19.0. The summed E-state index contributed by atoms with van der Waals surface area (Å²) >= 11 is 1.36. The summed E-state index contributed by atoms with van der Waals surface area (Å²) in [6, 6.07) is 13.3. The van der Waals surface area contributed by atoms with Crippen molar-refractivity contribution >= 4 is 28.1 Å². The molecule has 0 radical (unpaired) electrons. The molecule has 4 rings (SSSR count). The van der Waals surface area contributed by atoms with Gasteiger partial charge in [-0.15, -0.1) is 11.3 Å². The molecule has 1 aromatic carbocycles. The zero-order valence-electron chi connectivity index (χ0n) is 16.5. The van der Waals surface area contributed by atoms with Crippen LogP contribution in [0.4, 0.5) is 0 Å². The Morgan fingerprint density at radius 1 is 1.33 bits per heavy atom. The van der Waals surface area contributed by atoms with Crippen LogP contribution in [0.25, 0.3) is 22.0 Å². The Kier molecular flexibility index (Phi) is 5.46. The topological polar surface area (TPSA) is 94.9 Å². The van der Waals surface area contributed by atoms with E-state index in [4.69, 9.17) is 10.00 Å². The number of rotatable bonds is 6. The molecule has 0 saturated heterocycles. The number of para-hydroxylation sites is 1. The predicted molar refractivity (Wildman–Crippen MR) is 115 cm³/mol. The van der Waals surface area contributed by atoms with Gasteiger partial charge < -0.3 is 9.64 Å². The van der Waals surface area contributed by atoms with Crippen molar-refractivity contribution in [2.24, 2.45) is 0 Å².